The van der Waals surface area contributed by atoms with Gasteiger partial charge in [0.2, 0.25) is 0 Å². The Morgan fingerprint density at radius 3 is 2.18 bits per heavy atom. The molecule has 0 saturated carbocycles. The van der Waals surface area contributed by atoms with E-state index in [0.717, 1.165) is 0 Å². The van der Waals surface area contributed by atoms with Gasteiger partial charge < -0.3 is 5.32 Å². The zero-order valence-corrected chi connectivity index (χ0v) is 11.1. The first-order valence-electron chi connectivity index (χ1n) is 6.28. The summed E-state index contributed by atoms with van der Waals surface area (Å²) in [6, 6.07) is 6.14. The van der Waals surface area contributed by atoms with E-state index in [-0.39, 0.29) is 30.7 Å². The zero-order valence-electron chi connectivity index (χ0n) is 11.1. The highest BCUT2D eigenvalue weighted by Crippen LogP contribution is 2.22. The molecule has 0 aromatic heterocycles. The molecule has 118 valence electrons. The van der Waals surface area contributed by atoms with Crippen molar-refractivity contribution < 1.29 is 32.4 Å². The number of imide groups is 1. The SMILES string of the molecule is O=C1c2ccccc2C(=O)N1OCCCNC(=O)C(F)(F)F. The number of benzene rings is 1. The van der Waals surface area contributed by atoms with Crippen molar-refractivity contribution in [2.45, 2.75) is 12.6 Å². The first-order valence-corrected chi connectivity index (χ1v) is 6.28. The second kappa shape index (κ2) is 6.14. The third kappa shape index (κ3) is 3.25. The molecule has 0 bridgehead atoms. The van der Waals surface area contributed by atoms with Crippen LogP contribution in [0.25, 0.3) is 0 Å². The van der Waals surface area contributed by atoms with Gasteiger partial charge in [0.05, 0.1) is 17.7 Å². The van der Waals surface area contributed by atoms with E-state index in [9.17, 15) is 27.6 Å². The Hall–Kier alpha value is -2.42. The fourth-order valence-electron chi connectivity index (χ4n) is 1.81. The van der Waals surface area contributed by atoms with Crippen molar-refractivity contribution in [3.63, 3.8) is 0 Å². The van der Waals surface area contributed by atoms with Crippen LogP contribution in [0, 0.1) is 0 Å². The van der Waals surface area contributed by atoms with Crippen molar-refractivity contribution in [3.05, 3.63) is 35.4 Å². The molecule has 3 amide bonds. The summed E-state index contributed by atoms with van der Waals surface area (Å²) in [7, 11) is 0. The Morgan fingerprint density at radius 2 is 1.68 bits per heavy atom. The predicted octanol–water partition coefficient (Wildman–Crippen LogP) is 1.28. The molecule has 9 heteroatoms. The van der Waals surface area contributed by atoms with E-state index in [1.54, 1.807) is 17.4 Å². The third-order valence-corrected chi connectivity index (χ3v) is 2.84. The zero-order chi connectivity index (χ0) is 16.3. The van der Waals surface area contributed by atoms with Crippen molar-refractivity contribution in [1.29, 1.82) is 0 Å². The minimum absolute atomic E-state index is 0.00915. The highest BCUT2D eigenvalue weighted by molar-refractivity contribution is 6.20. The van der Waals surface area contributed by atoms with Gasteiger partial charge in [-0.25, -0.2) is 0 Å². The van der Waals surface area contributed by atoms with E-state index in [2.05, 4.69) is 0 Å². The molecule has 22 heavy (non-hydrogen) atoms. The second-order valence-electron chi connectivity index (χ2n) is 4.39. The molecule has 0 radical (unpaired) electrons. The van der Waals surface area contributed by atoms with E-state index in [1.807, 2.05) is 0 Å². The number of nitrogens with zero attached hydrogens (tertiary/aromatic N) is 1. The van der Waals surface area contributed by atoms with E-state index in [0.29, 0.717) is 5.06 Å². The average molecular weight is 316 g/mol. The van der Waals surface area contributed by atoms with Gasteiger partial charge in [0, 0.05) is 6.54 Å². The molecule has 1 N–H and O–H groups in total. The Morgan fingerprint density at radius 1 is 1.14 bits per heavy atom. The minimum atomic E-state index is -4.94. The maximum Gasteiger partial charge on any atom is 0.471 e. The number of carbonyl (C=O) groups is 3. The number of fused-ring (bicyclic) bond motifs is 1. The van der Waals surface area contributed by atoms with Crippen molar-refractivity contribution >= 4 is 17.7 Å². The molecular weight excluding hydrogens is 305 g/mol. The largest absolute Gasteiger partial charge is 0.471 e. The molecule has 0 unspecified atom stereocenters. The summed E-state index contributed by atoms with van der Waals surface area (Å²) in [6.45, 7) is -0.481. The number of halogens is 3. The average Bonchev–Trinajstić information content (AvgIpc) is 2.71. The van der Waals surface area contributed by atoms with Crippen LogP contribution in [0.15, 0.2) is 24.3 Å². The Labute approximate surface area is 122 Å². The van der Waals surface area contributed by atoms with Gasteiger partial charge in [-0.05, 0) is 18.6 Å². The molecule has 0 spiro atoms. The predicted molar refractivity (Wildman–Crippen MR) is 66.6 cm³/mol. The molecule has 0 saturated heterocycles. The molecular formula is C13H11F3N2O4. The van der Waals surface area contributed by atoms with Gasteiger partial charge in [-0.15, -0.1) is 5.06 Å². The molecule has 1 aliphatic rings. The van der Waals surface area contributed by atoms with E-state index in [4.69, 9.17) is 4.84 Å². The second-order valence-corrected chi connectivity index (χ2v) is 4.39. The summed E-state index contributed by atoms with van der Waals surface area (Å²) in [5, 5.41) is 2.22. The Kier molecular flexibility index (Phi) is 4.45. The molecule has 2 rings (SSSR count). The lowest BCUT2D eigenvalue weighted by molar-refractivity contribution is -0.173. The Balaban J connectivity index is 1.79. The maximum absolute atomic E-state index is 11.9. The lowest BCUT2D eigenvalue weighted by Crippen LogP contribution is -2.38. The number of nitrogens with one attached hydrogen (secondary N) is 1. The van der Waals surface area contributed by atoms with Crippen LogP contribution in [0.4, 0.5) is 13.2 Å². The van der Waals surface area contributed by atoms with Gasteiger partial charge in [0.15, 0.2) is 0 Å². The fraction of sp³-hybridized carbons (Fsp3) is 0.308. The molecule has 0 fully saturated rings. The highest BCUT2D eigenvalue weighted by Gasteiger charge is 2.38. The number of hydrogen-bond acceptors (Lipinski definition) is 4. The molecule has 6 nitrogen and oxygen atoms in total. The number of alkyl halides is 3. The van der Waals surface area contributed by atoms with Crippen LogP contribution in [-0.2, 0) is 9.63 Å². The van der Waals surface area contributed by atoms with Crippen LogP contribution in [0.5, 0.6) is 0 Å². The van der Waals surface area contributed by atoms with Crippen LogP contribution in [0.1, 0.15) is 27.1 Å². The summed E-state index contributed by atoms with van der Waals surface area (Å²) >= 11 is 0. The number of rotatable bonds is 5. The summed E-state index contributed by atoms with van der Waals surface area (Å²) < 4.78 is 35.8. The van der Waals surface area contributed by atoms with Gasteiger partial charge in [-0.3, -0.25) is 19.2 Å². The molecule has 1 aromatic rings. The van der Waals surface area contributed by atoms with Crippen LogP contribution >= 0.6 is 0 Å². The molecule has 1 aromatic carbocycles. The molecule has 1 heterocycles. The number of amides is 3. The number of carbonyl (C=O) groups excluding carboxylic acids is 3. The lowest BCUT2D eigenvalue weighted by Gasteiger charge is -2.13. The molecule has 1 aliphatic heterocycles. The monoisotopic (exact) mass is 316 g/mol. The van der Waals surface area contributed by atoms with Gasteiger partial charge >= 0.3 is 12.1 Å². The van der Waals surface area contributed by atoms with Gasteiger partial charge in [0.25, 0.3) is 11.8 Å². The summed E-state index contributed by atoms with van der Waals surface area (Å²) in [5.41, 5.74) is 0.413. The summed E-state index contributed by atoms with van der Waals surface area (Å²) in [6.07, 6.45) is -4.93. The standard InChI is InChI=1S/C13H11F3N2O4/c14-13(15,16)12(21)17-6-3-7-22-18-10(19)8-4-1-2-5-9(8)11(18)20/h1-2,4-5H,3,6-7H2,(H,17,21). The Bertz CT molecular complexity index is 581. The van der Waals surface area contributed by atoms with Crippen LogP contribution in [0.2, 0.25) is 0 Å². The maximum atomic E-state index is 11.9. The minimum Gasteiger partial charge on any atom is -0.348 e. The van der Waals surface area contributed by atoms with Crippen molar-refractivity contribution in [2.24, 2.45) is 0 Å². The van der Waals surface area contributed by atoms with Crippen LogP contribution in [0.3, 0.4) is 0 Å². The van der Waals surface area contributed by atoms with Gasteiger partial charge in [0.1, 0.15) is 0 Å². The van der Waals surface area contributed by atoms with Crippen molar-refractivity contribution in [1.82, 2.24) is 10.4 Å². The van der Waals surface area contributed by atoms with Crippen molar-refractivity contribution in [3.8, 4) is 0 Å². The summed E-state index contributed by atoms with van der Waals surface area (Å²) in [5.74, 6) is -3.30. The molecule has 0 aliphatic carbocycles. The van der Waals surface area contributed by atoms with E-state index >= 15 is 0 Å². The van der Waals surface area contributed by atoms with E-state index < -0.39 is 23.9 Å². The van der Waals surface area contributed by atoms with Gasteiger partial charge in [-0.1, -0.05) is 12.1 Å². The van der Waals surface area contributed by atoms with Crippen LogP contribution < -0.4 is 5.32 Å². The smallest absolute Gasteiger partial charge is 0.348 e. The number of hydroxylamine groups is 2. The topological polar surface area (TPSA) is 75.7 Å². The third-order valence-electron chi connectivity index (χ3n) is 2.84. The first-order chi connectivity index (χ1) is 10.3. The first kappa shape index (κ1) is 16.0. The lowest BCUT2D eigenvalue weighted by atomic mass is 10.1. The summed E-state index contributed by atoms with van der Waals surface area (Å²) in [4.78, 5) is 39.3. The van der Waals surface area contributed by atoms with E-state index in [1.165, 1.54) is 12.1 Å². The quantitative estimate of drug-likeness (QED) is 0.656. The normalized spacial score (nSPS) is 14.2. The molecule has 0 atom stereocenters. The number of hydrogen-bond donors (Lipinski definition) is 1. The fourth-order valence-corrected chi connectivity index (χ4v) is 1.81. The highest BCUT2D eigenvalue weighted by atomic mass is 19.4. The van der Waals surface area contributed by atoms with Gasteiger partial charge in [-0.2, -0.15) is 13.2 Å². The van der Waals surface area contributed by atoms with Crippen molar-refractivity contribution in [2.75, 3.05) is 13.2 Å². The van der Waals surface area contributed by atoms with Crippen LogP contribution in [-0.4, -0.2) is 42.1 Å².